The van der Waals surface area contributed by atoms with Crippen LogP contribution < -0.4 is 9.47 Å². The molecule has 3 nitrogen and oxygen atoms in total. The number of benzene rings is 3. The van der Waals surface area contributed by atoms with Crippen LogP contribution in [-0.4, -0.2) is 20.0 Å². The van der Waals surface area contributed by atoms with Gasteiger partial charge >= 0.3 is 0 Å². The van der Waals surface area contributed by atoms with Crippen LogP contribution in [0, 0.1) is 0 Å². The second kappa shape index (κ2) is 9.11. The molecule has 0 atom stereocenters. The summed E-state index contributed by atoms with van der Waals surface area (Å²) in [5, 5.41) is 0. The summed E-state index contributed by atoms with van der Waals surface area (Å²) < 4.78 is 10.6. The molecule has 0 bridgehead atoms. The number of fused-ring (bicyclic) bond motifs is 1. The van der Waals surface area contributed by atoms with Gasteiger partial charge in [0.2, 0.25) is 0 Å². The van der Waals surface area contributed by atoms with Crippen molar-refractivity contribution in [2.24, 2.45) is 0 Å². The molecule has 0 fully saturated rings. The monoisotopic (exact) mass is 422 g/mol. The predicted octanol–water partition coefficient (Wildman–Crippen LogP) is 6.75. The van der Waals surface area contributed by atoms with Crippen molar-refractivity contribution in [3.63, 3.8) is 0 Å². The van der Waals surface area contributed by atoms with Gasteiger partial charge in [0.25, 0.3) is 0 Å². The Balaban J connectivity index is 1.83. The molecule has 0 saturated carbocycles. The average molecular weight is 423 g/mol. The number of methoxy groups -OCH3 is 2. The Hall–Kier alpha value is -3.85. The van der Waals surface area contributed by atoms with E-state index < -0.39 is 0 Å². The fraction of sp³-hybridized carbons (Fsp3) is 0.138. The van der Waals surface area contributed by atoms with Gasteiger partial charge in [-0.1, -0.05) is 60.7 Å². The smallest absolute Gasteiger partial charge is 0.193 e. The molecule has 0 heterocycles. The van der Waals surface area contributed by atoms with Crippen molar-refractivity contribution in [1.29, 1.82) is 0 Å². The number of hydrogen-bond acceptors (Lipinski definition) is 3. The number of ketones is 1. The lowest BCUT2D eigenvalue weighted by atomic mass is 9.82. The summed E-state index contributed by atoms with van der Waals surface area (Å²) in [6.45, 7) is 4.09. The summed E-state index contributed by atoms with van der Waals surface area (Å²) in [6.07, 6.45) is 3.97. The van der Waals surface area contributed by atoms with E-state index in [9.17, 15) is 4.79 Å². The van der Waals surface area contributed by atoms with E-state index in [0.717, 1.165) is 56.0 Å². The van der Waals surface area contributed by atoms with Gasteiger partial charge in [0.15, 0.2) is 5.78 Å². The van der Waals surface area contributed by atoms with Crippen molar-refractivity contribution in [2.75, 3.05) is 14.2 Å². The van der Waals surface area contributed by atoms with Crippen LogP contribution in [0.5, 0.6) is 11.5 Å². The molecular formula is C29H26O3. The van der Waals surface area contributed by atoms with Gasteiger partial charge < -0.3 is 9.47 Å². The Morgan fingerprint density at radius 1 is 0.688 bits per heavy atom. The Morgan fingerprint density at radius 3 is 1.69 bits per heavy atom. The molecule has 0 spiro atoms. The molecule has 3 heteroatoms. The Kier molecular flexibility index (Phi) is 6.09. The molecule has 0 aliphatic heterocycles. The average Bonchev–Trinajstić information content (AvgIpc) is 2.85. The maximum Gasteiger partial charge on any atom is 0.193 e. The van der Waals surface area contributed by atoms with Gasteiger partial charge in [0, 0.05) is 11.1 Å². The van der Waals surface area contributed by atoms with Crippen LogP contribution in [-0.2, 0) is 0 Å². The number of hydrogen-bond donors (Lipinski definition) is 0. The maximum atomic E-state index is 13.3. The lowest BCUT2D eigenvalue weighted by molar-refractivity contribution is 0.103. The predicted molar refractivity (Wildman–Crippen MR) is 130 cm³/mol. The molecule has 0 radical (unpaired) electrons. The molecule has 3 aromatic carbocycles. The quantitative estimate of drug-likeness (QED) is 0.427. The third-order valence-electron chi connectivity index (χ3n) is 6.01. The number of carbonyl (C=O) groups is 1. The summed E-state index contributed by atoms with van der Waals surface area (Å²) in [5.74, 6) is 1.66. The van der Waals surface area contributed by atoms with Crippen molar-refractivity contribution in [2.45, 2.75) is 13.8 Å². The Labute approximate surface area is 189 Å². The van der Waals surface area contributed by atoms with Crippen LogP contribution in [0.3, 0.4) is 0 Å². The SMILES string of the molecule is COc1ccc(C(=C/C=C2\C(=O)c3ccccc3C(C)=C2C)c2ccc(OC)cc2)cc1. The summed E-state index contributed by atoms with van der Waals surface area (Å²) in [6, 6.07) is 23.7. The van der Waals surface area contributed by atoms with E-state index in [1.807, 2.05) is 91.9 Å². The van der Waals surface area contributed by atoms with E-state index in [2.05, 4.69) is 6.92 Å². The summed E-state index contributed by atoms with van der Waals surface area (Å²) in [5.41, 5.74) is 7.72. The zero-order valence-electron chi connectivity index (χ0n) is 18.8. The van der Waals surface area contributed by atoms with Gasteiger partial charge in [0.1, 0.15) is 11.5 Å². The first kappa shape index (κ1) is 21.4. The van der Waals surface area contributed by atoms with Gasteiger partial charge in [-0.3, -0.25) is 4.79 Å². The van der Waals surface area contributed by atoms with Crippen molar-refractivity contribution in [3.05, 3.63) is 118 Å². The number of ether oxygens (including phenoxy) is 2. The highest BCUT2D eigenvalue weighted by Crippen LogP contribution is 2.35. The summed E-state index contributed by atoms with van der Waals surface area (Å²) in [7, 11) is 3.31. The van der Waals surface area contributed by atoms with E-state index in [4.69, 9.17) is 9.47 Å². The standard InChI is InChI=1S/C29H26O3/c1-19-20(2)26(29(30)28-8-6-5-7-25(19)28)17-18-27(21-9-13-23(31-3)14-10-21)22-11-15-24(32-4)16-12-22/h5-18H,1-4H3/b26-17-. The van der Waals surface area contributed by atoms with Gasteiger partial charge in [0.05, 0.1) is 14.2 Å². The first-order valence-corrected chi connectivity index (χ1v) is 10.6. The fourth-order valence-electron chi connectivity index (χ4n) is 4.00. The highest BCUT2D eigenvalue weighted by atomic mass is 16.5. The Morgan fingerprint density at radius 2 is 1.19 bits per heavy atom. The van der Waals surface area contributed by atoms with Crippen LogP contribution in [0.2, 0.25) is 0 Å². The molecule has 0 unspecified atom stereocenters. The van der Waals surface area contributed by atoms with E-state index in [-0.39, 0.29) is 5.78 Å². The fourth-order valence-corrected chi connectivity index (χ4v) is 4.00. The molecule has 1 aliphatic rings. The van der Waals surface area contributed by atoms with E-state index >= 15 is 0 Å². The molecular weight excluding hydrogens is 396 g/mol. The second-order valence-electron chi connectivity index (χ2n) is 7.74. The normalized spacial score (nSPS) is 14.2. The van der Waals surface area contributed by atoms with Crippen LogP contribution >= 0.6 is 0 Å². The lowest BCUT2D eigenvalue weighted by Crippen LogP contribution is -2.13. The first-order valence-electron chi connectivity index (χ1n) is 10.6. The molecule has 0 aromatic heterocycles. The Bertz CT molecular complexity index is 1190. The minimum absolute atomic E-state index is 0.0590. The third kappa shape index (κ3) is 4.02. The van der Waals surface area contributed by atoms with E-state index in [1.165, 1.54) is 0 Å². The molecule has 32 heavy (non-hydrogen) atoms. The van der Waals surface area contributed by atoms with E-state index in [0.29, 0.717) is 0 Å². The first-order chi connectivity index (χ1) is 15.5. The van der Waals surface area contributed by atoms with Gasteiger partial charge in [-0.15, -0.1) is 0 Å². The van der Waals surface area contributed by atoms with Crippen molar-refractivity contribution in [3.8, 4) is 11.5 Å². The van der Waals surface area contributed by atoms with Gasteiger partial charge in [-0.25, -0.2) is 0 Å². The van der Waals surface area contributed by atoms with E-state index in [1.54, 1.807) is 14.2 Å². The molecule has 0 saturated heterocycles. The van der Waals surface area contributed by atoms with Crippen LogP contribution in [0.4, 0.5) is 0 Å². The molecule has 160 valence electrons. The zero-order chi connectivity index (χ0) is 22.7. The second-order valence-corrected chi connectivity index (χ2v) is 7.74. The van der Waals surface area contributed by atoms with Crippen molar-refractivity contribution < 1.29 is 14.3 Å². The van der Waals surface area contributed by atoms with Crippen LogP contribution in [0.25, 0.3) is 11.1 Å². The third-order valence-corrected chi connectivity index (χ3v) is 6.01. The highest BCUT2D eigenvalue weighted by Gasteiger charge is 2.24. The molecule has 3 aromatic rings. The minimum Gasteiger partial charge on any atom is -0.497 e. The molecule has 0 N–H and O–H groups in total. The zero-order valence-corrected chi connectivity index (χ0v) is 18.8. The van der Waals surface area contributed by atoms with Gasteiger partial charge in [-0.05, 0) is 71.5 Å². The number of rotatable bonds is 5. The lowest BCUT2D eigenvalue weighted by Gasteiger charge is -2.20. The summed E-state index contributed by atoms with van der Waals surface area (Å²) >= 11 is 0. The van der Waals surface area contributed by atoms with Crippen molar-refractivity contribution >= 4 is 16.9 Å². The summed E-state index contributed by atoms with van der Waals surface area (Å²) in [4.78, 5) is 13.3. The number of allylic oxidation sites excluding steroid dienone is 5. The number of Topliss-reactive ketones (excluding diaryl/α,β-unsaturated/α-hetero) is 1. The minimum atomic E-state index is 0.0590. The number of carbonyl (C=O) groups excluding carboxylic acids is 1. The maximum absolute atomic E-state index is 13.3. The van der Waals surface area contributed by atoms with Crippen molar-refractivity contribution in [1.82, 2.24) is 0 Å². The molecule has 0 amide bonds. The topological polar surface area (TPSA) is 35.5 Å². The molecule has 1 aliphatic carbocycles. The largest absolute Gasteiger partial charge is 0.497 e. The van der Waals surface area contributed by atoms with Gasteiger partial charge in [-0.2, -0.15) is 0 Å². The van der Waals surface area contributed by atoms with Crippen LogP contribution in [0.15, 0.2) is 96.1 Å². The highest BCUT2D eigenvalue weighted by molar-refractivity contribution is 6.18. The molecule has 4 rings (SSSR count). The van der Waals surface area contributed by atoms with Crippen LogP contribution in [0.1, 0.15) is 40.9 Å².